The molecule has 2 unspecified atom stereocenters. The third-order valence-corrected chi connectivity index (χ3v) is 3.62. The molecule has 0 aliphatic rings. The second-order valence-electron chi connectivity index (χ2n) is 4.46. The maximum Gasteiger partial charge on any atom is 0.328 e. The fourth-order valence-corrected chi connectivity index (χ4v) is 2.72. The van der Waals surface area contributed by atoms with E-state index in [9.17, 15) is 19.8 Å². The van der Waals surface area contributed by atoms with Gasteiger partial charge in [0.05, 0.1) is 12.7 Å². The summed E-state index contributed by atoms with van der Waals surface area (Å²) in [5.41, 5.74) is -1.66. The molecule has 1 aromatic carbocycles. The molecule has 0 aliphatic heterocycles. The fourth-order valence-electron chi connectivity index (χ4n) is 2.10. The molecule has 0 saturated carbocycles. The molecule has 6 heteroatoms. The van der Waals surface area contributed by atoms with Crippen LogP contribution in [0.4, 0.5) is 0 Å². The van der Waals surface area contributed by atoms with Crippen LogP contribution in [-0.2, 0) is 19.7 Å². The highest BCUT2D eigenvalue weighted by molar-refractivity contribution is 9.10. The number of carbonyl (C=O) groups excluding carboxylic acids is 1. The Labute approximate surface area is 125 Å². The summed E-state index contributed by atoms with van der Waals surface area (Å²) in [5, 5.41) is 19.2. The molecule has 2 atom stereocenters. The van der Waals surface area contributed by atoms with E-state index in [1.807, 2.05) is 0 Å². The summed E-state index contributed by atoms with van der Waals surface area (Å²) in [7, 11) is 0. The van der Waals surface area contributed by atoms with E-state index in [2.05, 4.69) is 15.9 Å². The highest BCUT2D eigenvalue weighted by atomic mass is 79.9. The normalized spacial score (nSPS) is 15.2. The molecule has 0 radical (unpaired) electrons. The average molecular weight is 345 g/mol. The van der Waals surface area contributed by atoms with Gasteiger partial charge in [-0.2, -0.15) is 0 Å². The van der Waals surface area contributed by atoms with Gasteiger partial charge < -0.3 is 14.9 Å². The minimum Gasteiger partial charge on any atom is -0.480 e. The Hall–Kier alpha value is -1.40. The summed E-state index contributed by atoms with van der Waals surface area (Å²) < 4.78 is 5.41. The van der Waals surface area contributed by atoms with Gasteiger partial charge in [-0.25, -0.2) is 0 Å². The maximum atomic E-state index is 12.3. The number of hydrogen-bond acceptors (Lipinski definition) is 4. The van der Waals surface area contributed by atoms with Gasteiger partial charge in [-0.05, 0) is 25.5 Å². The molecule has 0 saturated heterocycles. The second-order valence-corrected chi connectivity index (χ2v) is 5.32. The zero-order chi connectivity index (χ0) is 15.3. The van der Waals surface area contributed by atoms with Crippen molar-refractivity contribution in [3.8, 4) is 0 Å². The molecule has 0 fully saturated rings. The van der Waals surface area contributed by atoms with Gasteiger partial charge in [0.2, 0.25) is 0 Å². The van der Waals surface area contributed by atoms with Crippen molar-refractivity contribution in [3.63, 3.8) is 0 Å². The van der Waals surface area contributed by atoms with Crippen molar-refractivity contribution in [2.24, 2.45) is 0 Å². The van der Waals surface area contributed by atoms with Crippen molar-refractivity contribution < 1.29 is 24.5 Å². The van der Waals surface area contributed by atoms with Gasteiger partial charge in [0.1, 0.15) is 0 Å². The van der Waals surface area contributed by atoms with Crippen molar-refractivity contribution in [3.05, 3.63) is 34.3 Å². The third-order valence-electron chi connectivity index (χ3n) is 2.92. The molecule has 0 amide bonds. The third kappa shape index (κ3) is 3.19. The van der Waals surface area contributed by atoms with E-state index < -0.39 is 23.5 Å². The lowest BCUT2D eigenvalue weighted by atomic mass is 9.76. The first kappa shape index (κ1) is 16.7. The molecule has 20 heavy (non-hydrogen) atoms. The van der Waals surface area contributed by atoms with Crippen LogP contribution in [0.3, 0.4) is 0 Å². The highest BCUT2D eigenvalue weighted by Crippen LogP contribution is 2.36. The molecule has 110 valence electrons. The first-order valence-corrected chi connectivity index (χ1v) is 6.99. The van der Waals surface area contributed by atoms with E-state index in [0.717, 1.165) is 0 Å². The molecule has 0 aliphatic carbocycles. The number of ether oxygens (including phenoxy) is 1. The Kier molecular flexibility index (Phi) is 5.71. The quantitative estimate of drug-likeness (QED) is 0.609. The van der Waals surface area contributed by atoms with Crippen LogP contribution in [0.25, 0.3) is 0 Å². The molecule has 2 N–H and O–H groups in total. The van der Waals surface area contributed by atoms with E-state index in [0.29, 0.717) is 4.47 Å². The second kappa shape index (κ2) is 6.85. The van der Waals surface area contributed by atoms with Crippen molar-refractivity contribution in [2.45, 2.75) is 31.8 Å². The lowest BCUT2D eigenvalue weighted by Gasteiger charge is -2.29. The van der Waals surface area contributed by atoms with Gasteiger partial charge in [-0.3, -0.25) is 9.59 Å². The smallest absolute Gasteiger partial charge is 0.328 e. The van der Waals surface area contributed by atoms with Crippen LogP contribution in [0.2, 0.25) is 0 Å². The molecule has 0 spiro atoms. The highest BCUT2D eigenvalue weighted by Gasteiger charge is 2.51. The molecule has 0 bridgehead atoms. The number of aliphatic carboxylic acids is 1. The number of aliphatic hydroxyl groups is 1. The van der Waals surface area contributed by atoms with Crippen LogP contribution in [0.1, 0.15) is 25.8 Å². The summed E-state index contributed by atoms with van der Waals surface area (Å²) in [6.45, 7) is 3.11. The van der Waals surface area contributed by atoms with Crippen molar-refractivity contribution in [1.29, 1.82) is 0 Å². The van der Waals surface area contributed by atoms with Crippen molar-refractivity contribution in [2.75, 3.05) is 6.61 Å². The number of carbonyl (C=O) groups is 2. The lowest BCUT2D eigenvalue weighted by molar-refractivity contribution is -0.163. The van der Waals surface area contributed by atoms with Crippen LogP contribution < -0.4 is 0 Å². The van der Waals surface area contributed by atoms with Gasteiger partial charge >= 0.3 is 11.9 Å². The number of benzene rings is 1. The SMILES string of the molecule is CCOC(=O)C(CC(C)O)(C(=O)O)c1ccccc1Br. The van der Waals surface area contributed by atoms with E-state index in [1.54, 1.807) is 25.1 Å². The minimum atomic E-state index is -1.93. The van der Waals surface area contributed by atoms with Crippen LogP contribution in [0, 0.1) is 0 Å². The standard InChI is InChI=1S/C14H17BrO5/c1-3-20-13(19)14(12(17)18,8-9(2)16)10-6-4-5-7-11(10)15/h4-7,9,16H,3,8H2,1-2H3,(H,17,18). The van der Waals surface area contributed by atoms with Crippen LogP contribution in [-0.4, -0.2) is 34.9 Å². The summed E-state index contributed by atoms with van der Waals surface area (Å²) >= 11 is 3.26. The van der Waals surface area contributed by atoms with Gasteiger partial charge in [0, 0.05) is 10.9 Å². The van der Waals surface area contributed by atoms with Crippen LogP contribution >= 0.6 is 15.9 Å². The Bertz CT molecular complexity index is 500. The monoisotopic (exact) mass is 344 g/mol. The zero-order valence-corrected chi connectivity index (χ0v) is 12.9. The fraction of sp³-hybridized carbons (Fsp3) is 0.429. The number of carboxylic acid groups (broad SMARTS) is 1. The Morgan fingerprint density at radius 3 is 2.45 bits per heavy atom. The predicted octanol–water partition coefficient (Wildman–Crippen LogP) is 2.11. The van der Waals surface area contributed by atoms with Crippen LogP contribution in [0.5, 0.6) is 0 Å². The van der Waals surface area contributed by atoms with E-state index >= 15 is 0 Å². The predicted molar refractivity (Wildman–Crippen MR) is 76.4 cm³/mol. The molecule has 1 rings (SSSR count). The number of rotatable bonds is 6. The summed E-state index contributed by atoms with van der Waals surface area (Å²) in [6, 6.07) is 6.54. The Balaban J connectivity index is 3.49. The molecular weight excluding hydrogens is 328 g/mol. The average Bonchev–Trinajstić information content (AvgIpc) is 2.36. The number of halogens is 1. The zero-order valence-electron chi connectivity index (χ0n) is 11.3. The first-order valence-electron chi connectivity index (χ1n) is 6.20. The summed E-state index contributed by atoms with van der Waals surface area (Å²) in [6.07, 6.45) is -1.23. The number of esters is 1. The minimum absolute atomic E-state index is 0.0676. The lowest BCUT2D eigenvalue weighted by Crippen LogP contribution is -2.47. The Morgan fingerprint density at radius 1 is 1.40 bits per heavy atom. The van der Waals surface area contributed by atoms with Gasteiger partial charge in [0.25, 0.3) is 0 Å². The number of aliphatic hydroxyl groups excluding tert-OH is 1. The van der Waals surface area contributed by atoms with Crippen molar-refractivity contribution >= 4 is 27.9 Å². The molecule has 0 aromatic heterocycles. The van der Waals surface area contributed by atoms with E-state index in [-0.39, 0.29) is 18.6 Å². The Morgan fingerprint density at radius 2 is 2.00 bits per heavy atom. The largest absolute Gasteiger partial charge is 0.480 e. The van der Waals surface area contributed by atoms with E-state index in [4.69, 9.17) is 4.74 Å². The summed E-state index contributed by atoms with van der Waals surface area (Å²) in [4.78, 5) is 24.1. The van der Waals surface area contributed by atoms with Crippen molar-refractivity contribution in [1.82, 2.24) is 0 Å². The van der Waals surface area contributed by atoms with Gasteiger partial charge in [-0.15, -0.1) is 0 Å². The maximum absolute atomic E-state index is 12.3. The van der Waals surface area contributed by atoms with Gasteiger partial charge in [0.15, 0.2) is 5.41 Å². The molecule has 0 heterocycles. The van der Waals surface area contributed by atoms with Gasteiger partial charge in [-0.1, -0.05) is 34.1 Å². The van der Waals surface area contributed by atoms with E-state index in [1.165, 1.54) is 13.0 Å². The number of carboxylic acids is 1. The summed E-state index contributed by atoms with van der Waals surface area (Å²) in [5.74, 6) is -2.22. The topological polar surface area (TPSA) is 83.8 Å². The van der Waals surface area contributed by atoms with Crippen LogP contribution in [0.15, 0.2) is 28.7 Å². The first-order chi connectivity index (χ1) is 9.36. The molecule has 5 nitrogen and oxygen atoms in total. The molecular formula is C14H17BrO5. The molecule has 1 aromatic rings. The number of hydrogen-bond donors (Lipinski definition) is 2.